The number of fused-ring (bicyclic) bond motifs is 1. The molecule has 0 atom stereocenters. The van der Waals surface area contributed by atoms with Crippen LogP contribution in [0.5, 0.6) is 5.75 Å². The zero-order valence-corrected chi connectivity index (χ0v) is 11.4. The summed E-state index contributed by atoms with van der Waals surface area (Å²) in [5, 5.41) is 0. The number of alkyl halides is 3. The normalized spacial score (nSPS) is 17.7. The molecule has 1 heterocycles. The average molecular weight is 299 g/mol. The van der Waals surface area contributed by atoms with Gasteiger partial charge >= 0.3 is 6.18 Å². The van der Waals surface area contributed by atoms with E-state index >= 15 is 0 Å². The molecule has 0 saturated heterocycles. The van der Waals surface area contributed by atoms with Crippen LogP contribution < -0.4 is 4.74 Å². The lowest BCUT2D eigenvalue weighted by molar-refractivity contribution is -0.145. The number of carbonyl (C=O) groups excluding carboxylic acids is 1. The first-order chi connectivity index (χ1) is 9.92. The molecule has 3 nitrogen and oxygen atoms in total. The summed E-state index contributed by atoms with van der Waals surface area (Å²) in [6.45, 7) is -0.601. The number of ketones is 1. The first kappa shape index (κ1) is 14.4. The Morgan fingerprint density at radius 1 is 1.33 bits per heavy atom. The molecule has 0 unspecified atom stereocenters. The summed E-state index contributed by atoms with van der Waals surface area (Å²) in [5.41, 5.74) is 1.42. The molecule has 1 aliphatic carbocycles. The number of nitrogens with zero attached hydrogens (tertiary/aromatic N) is 1. The van der Waals surface area contributed by atoms with E-state index < -0.39 is 12.7 Å². The molecule has 0 N–H and O–H groups in total. The van der Waals surface area contributed by atoms with Gasteiger partial charge in [0.1, 0.15) is 5.75 Å². The van der Waals surface area contributed by atoms with Crippen LogP contribution in [0.15, 0.2) is 18.2 Å². The lowest BCUT2D eigenvalue weighted by Gasteiger charge is -2.22. The number of halogens is 3. The van der Waals surface area contributed by atoms with Crippen molar-refractivity contribution in [1.82, 2.24) is 4.90 Å². The van der Waals surface area contributed by atoms with Gasteiger partial charge in [0.05, 0.1) is 19.7 Å². The minimum Gasteiger partial charge on any atom is -0.493 e. The van der Waals surface area contributed by atoms with Crippen molar-refractivity contribution in [3.8, 4) is 5.75 Å². The molecule has 3 rings (SSSR count). The number of benzene rings is 1. The molecule has 6 heteroatoms. The van der Waals surface area contributed by atoms with E-state index in [9.17, 15) is 18.0 Å². The van der Waals surface area contributed by atoms with Crippen LogP contribution in [0, 0.1) is 0 Å². The third kappa shape index (κ3) is 3.56. The van der Waals surface area contributed by atoms with Gasteiger partial charge in [-0.15, -0.1) is 0 Å². The van der Waals surface area contributed by atoms with Crippen LogP contribution in [0.3, 0.4) is 0 Å². The third-order valence-electron chi connectivity index (χ3n) is 3.80. The maximum absolute atomic E-state index is 12.6. The Hall–Kier alpha value is -1.56. The SMILES string of the molecule is O=C(CN(CC(F)(F)F)C1CC1)c1ccc2c(c1)CCO2. The molecule has 2 aliphatic rings. The van der Waals surface area contributed by atoms with Gasteiger partial charge in [-0.25, -0.2) is 0 Å². The quantitative estimate of drug-likeness (QED) is 0.783. The van der Waals surface area contributed by atoms with Gasteiger partial charge in [-0.3, -0.25) is 9.69 Å². The van der Waals surface area contributed by atoms with Gasteiger partial charge in [0, 0.05) is 18.0 Å². The second-order valence-corrected chi connectivity index (χ2v) is 5.60. The van der Waals surface area contributed by atoms with E-state index in [2.05, 4.69) is 0 Å². The van der Waals surface area contributed by atoms with Crippen LogP contribution in [0.25, 0.3) is 0 Å². The maximum atomic E-state index is 12.6. The molecular weight excluding hydrogens is 283 g/mol. The van der Waals surface area contributed by atoms with Crippen molar-refractivity contribution in [1.29, 1.82) is 0 Å². The first-order valence-corrected chi connectivity index (χ1v) is 7.02. The summed E-state index contributed by atoms with van der Waals surface area (Å²) in [4.78, 5) is 13.5. The molecule has 21 heavy (non-hydrogen) atoms. The Balaban J connectivity index is 1.69. The van der Waals surface area contributed by atoms with Crippen molar-refractivity contribution in [2.24, 2.45) is 0 Å². The largest absolute Gasteiger partial charge is 0.493 e. The Morgan fingerprint density at radius 2 is 2.10 bits per heavy atom. The smallest absolute Gasteiger partial charge is 0.401 e. The fourth-order valence-corrected chi connectivity index (χ4v) is 2.62. The number of rotatable bonds is 5. The number of hydrogen-bond donors (Lipinski definition) is 0. The Morgan fingerprint density at radius 3 is 2.76 bits per heavy atom. The van der Waals surface area contributed by atoms with Crippen molar-refractivity contribution in [3.63, 3.8) is 0 Å². The van der Waals surface area contributed by atoms with Crippen LogP contribution in [0.1, 0.15) is 28.8 Å². The van der Waals surface area contributed by atoms with Gasteiger partial charge in [0.2, 0.25) is 0 Å². The van der Waals surface area contributed by atoms with Gasteiger partial charge in [-0.2, -0.15) is 13.2 Å². The van der Waals surface area contributed by atoms with Gasteiger partial charge in [-0.1, -0.05) is 0 Å². The van der Waals surface area contributed by atoms with Crippen molar-refractivity contribution in [2.75, 3.05) is 19.7 Å². The fourth-order valence-electron chi connectivity index (χ4n) is 2.62. The van der Waals surface area contributed by atoms with Gasteiger partial charge in [-0.05, 0) is 36.6 Å². The first-order valence-electron chi connectivity index (χ1n) is 7.02. The highest BCUT2D eigenvalue weighted by Crippen LogP contribution is 2.31. The lowest BCUT2D eigenvalue weighted by atomic mass is 10.1. The lowest BCUT2D eigenvalue weighted by Crippen LogP contribution is -2.39. The summed E-state index contributed by atoms with van der Waals surface area (Å²) in [6, 6.07) is 4.99. The van der Waals surface area contributed by atoms with Gasteiger partial charge in [0.25, 0.3) is 0 Å². The molecule has 0 bridgehead atoms. The average Bonchev–Trinajstić information content (AvgIpc) is 3.14. The van der Waals surface area contributed by atoms with Crippen LogP contribution in [-0.4, -0.2) is 42.6 Å². The van der Waals surface area contributed by atoms with E-state index in [0.717, 1.165) is 30.6 Å². The Kier molecular flexibility index (Phi) is 3.65. The second-order valence-electron chi connectivity index (χ2n) is 5.60. The van der Waals surface area contributed by atoms with Crippen molar-refractivity contribution < 1.29 is 22.7 Å². The molecule has 0 radical (unpaired) electrons. The number of hydrogen-bond acceptors (Lipinski definition) is 3. The van der Waals surface area contributed by atoms with E-state index in [4.69, 9.17) is 4.74 Å². The van der Waals surface area contributed by atoms with Crippen LogP contribution >= 0.6 is 0 Å². The molecule has 1 aromatic carbocycles. The molecule has 0 aromatic heterocycles. The van der Waals surface area contributed by atoms with E-state index in [-0.39, 0.29) is 18.4 Å². The fraction of sp³-hybridized carbons (Fsp3) is 0.533. The Bertz CT molecular complexity index is 552. The molecular formula is C15H16F3NO2. The summed E-state index contributed by atoms with van der Waals surface area (Å²) in [7, 11) is 0. The van der Waals surface area contributed by atoms with E-state index in [1.54, 1.807) is 18.2 Å². The predicted molar refractivity (Wildman–Crippen MR) is 70.6 cm³/mol. The summed E-state index contributed by atoms with van der Waals surface area (Å²) >= 11 is 0. The van der Waals surface area contributed by atoms with Gasteiger partial charge < -0.3 is 4.74 Å². The molecule has 0 spiro atoms. The second kappa shape index (κ2) is 5.33. The highest BCUT2D eigenvalue weighted by atomic mass is 19.4. The number of Topliss-reactive ketones (excluding diaryl/α,β-unsaturated/α-hetero) is 1. The minimum absolute atomic E-state index is 0.103. The number of ether oxygens (including phenoxy) is 1. The zero-order valence-electron chi connectivity index (χ0n) is 11.4. The van der Waals surface area contributed by atoms with Crippen molar-refractivity contribution in [2.45, 2.75) is 31.5 Å². The third-order valence-corrected chi connectivity index (χ3v) is 3.80. The highest BCUT2D eigenvalue weighted by Gasteiger charge is 2.38. The molecule has 114 valence electrons. The van der Waals surface area contributed by atoms with E-state index in [0.29, 0.717) is 12.2 Å². The zero-order chi connectivity index (χ0) is 15.0. The van der Waals surface area contributed by atoms with Crippen LogP contribution in [0.4, 0.5) is 13.2 Å². The molecule has 1 aliphatic heterocycles. The highest BCUT2D eigenvalue weighted by molar-refractivity contribution is 5.98. The predicted octanol–water partition coefficient (Wildman–Crippen LogP) is 2.83. The van der Waals surface area contributed by atoms with E-state index in [1.165, 1.54) is 4.90 Å². The van der Waals surface area contributed by atoms with Crippen molar-refractivity contribution >= 4 is 5.78 Å². The standard InChI is InChI=1S/C15H16F3NO2/c16-15(17,18)9-19(12-2-3-12)8-13(20)10-1-4-14-11(7-10)5-6-21-14/h1,4,7,12H,2-3,5-6,8-9H2. The number of carbonyl (C=O) groups is 1. The summed E-state index contributed by atoms with van der Waals surface area (Å²) < 4.78 is 43.0. The maximum Gasteiger partial charge on any atom is 0.401 e. The molecule has 1 saturated carbocycles. The molecule has 0 amide bonds. The van der Waals surface area contributed by atoms with Crippen LogP contribution in [0.2, 0.25) is 0 Å². The van der Waals surface area contributed by atoms with Gasteiger partial charge in [0.15, 0.2) is 5.78 Å². The summed E-state index contributed by atoms with van der Waals surface area (Å²) in [6.07, 6.45) is -2.05. The molecule has 1 aromatic rings. The minimum atomic E-state index is -4.27. The topological polar surface area (TPSA) is 29.5 Å². The monoisotopic (exact) mass is 299 g/mol. The molecule has 1 fully saturated rings. The van der Waals surface area contributed by atoms with E-state index in [1.807, 2.05) is 0 Å². The Labute approximate surface area is 120 Å². The van der Waals surface area contributed by atoms with Crippen molar-refractivity contribution in [3.05, 3.63) is 29.3 Å². The summed E-state index contributed by atoms with van der Waals surface area (Å²) in [5.74, 6) is 0.502. The van der Waals surface area contributed by atoms with Crippen LogP contribution in [-0.2, 0) is 6.42 Å².